The Morgan fingerprint density at radius 1 is 0.522 bits per heavy atom. The molecule has 6 aliphatic rings. The summed E-state index contributed by atoms with van der Waals surface area (Å²) >= 11 is 0. The van der Waals surface area contributed by atoms with Crippen LogP contribution in [0.15, 0.2) is 11.1 Å². The van der Waals surface area contributed by atoms with E-state index >= 15 is 0 Å². The van der Waals surface area contributed by atoms with Crippen molar-refractivity contribution in [3.05, 3.63) is 11.1 Å². The summed E-state index contributed by atoms with van der Waals surface area (Å²) in [6.07, 6.45) is 12.9. The van der Waals surface area contributed by atoms with Crippen LogP contribution in [0.5, 0.6) is 0 Å². The van der Waals surface area contributed by atoms with E-state index < -0.39 is 8.07 Å². The second kappa shape index (κ2) is 12.3. The molecule has 46 heavy (non-hydrogen) atoms. The van der Waals surface area contributed by atoms with E-state index in [1.165, 1.54) is 57.8 Å². The van der Waals surface area contributed by atoms with E-state index in [4.69, 9.17) is 0 Å². The van der Waals surface area contributed by atoms with Gasteiger partial charge >= 0.3 is 0 Å². The first-order valence-electron chi connectivity index (χ1n) is 20.7. The maximum absolute atomic E-state index is 2.91. The van der Waals surface area contributed by atoms with Crippen LogP contribution >= 0.6 is 0 Å². The molecule has 6 aliphatic carbocycles. The van der Waals surface area contributed by atoms with Gasteiger partial charge in [-0.1, -0.05) is 142 Å². The first kappa shape index (κ1) is 38.8. The fourth-order valence-electron chi connectivity index (χ4n) is 16.7. The Labute approximate surface area is 291 Å². The average Bonchev–Trinajstić information content (AvgIpc) is 3.43. The van der Waals surface area contributed by atoms with Crippen LogP contribution in [-0.4, -0.2) is 8.07 Å². The lowest BCUT2D eigenvalue weighted by Gasteiger charge is -2.85. The molecule has 0 aromatic heterocycles. The minimum atomic E-state index is -1.87. The van der Waals surface area contributed by atoms with Crippen molar-refractivity contribution in [2.75, 3.05) is 0 Å². The summed E-state index contributed by atoms with van der Waals surface area (Å²) in [5.41, 5.74) is 6.02. The Morgan fingerprint density at radius 3 is 1.13 bits per heavy atom. The summed E-state index contributed by atoms with van der Waals surface area (Å²) in [5, 5.41) is 0.384. The van der Waals surface area contributed by atoms with Gasteiger partial charge in [0.2, 0.25) is 0 Å². The van der Waals surface area contributed by atoms with Crippen LogP contribution in [0.25, 0.3) is 0 Å². The lowest BCUT2D eigenvalue weighted by atomic mass is 9.26. The van der Waals surface area contributed by atoms with Crippen LogP contribution in [-0.2, 0) is 0 Å². The van der Waals surface area contributed by atoms with Gasteiger partial charge in [0.15, 0.2) is 0 Å². The van der Waals surface area contributed by atoms with Gasteiger partial charge in [0.05, 0.1) is 8.07 Å². The van der Waals surface area contributed by atoms with E-state index in [2.05, 4.69) is 142 Å². The standard InChI is InChI=1S/C45H84Si/c1-29(2)21-41(22-30(3)4)39(38-20-37-27-40(38,28-37)35(13)14)44(36(15)16)42(23-31(5)6,24-32(7)8)45(41,46(17,18)19)43(44,25-33(9)10)26-34(11)12/h29-37H,20-28H2,1-19H3/b39-38+. The number of rotatable bonds is 15. The molecule has 0 heterocycles. The van der Waals surface area contributed by atoms with E-state index in [9.17, 15) is 0 Å². The number of hydrogen-bond donors (Lipinski definition) is 0. The Morgan fingerprint density at radius 2 is 0.870 bits per heavy atom. The molecule has 6 saturated carbocycles. The van der Waals surface area contributed by atoms with Gasteiger partial charge in [0, 0.05) is 5.41 Å². The van der Waals surface area contributed by atoms with Crippen LogP contribution in [0.2, 0.25) is 24.7 Å². The quantitative estimate of drug-likeness (QED) is 0.122. The predicted molar refractivity (Wildman–Crippen MR) is 209 cm³/mol. The number of allylic oxidation sites excluding steroid dienone is 2. The lowest BCUT2D eigenvalue weighted by Crippen LogP contribution is -2.80. The Balaban J connectivity index is 2.47. The van der Waals surface area contributed by atoms with Crippen molar-refractivity contribution in [3.63, 3.8) is 0 Å². The molecule has 0 spiro atoms. The molecule has 6 rings (SSSR count). The smallest absolute Gasteiger partial charge is 0.0531 e. The Hall–Kier alpha value is -0.0431. The number of hydrogen-bond acceptors (Lipinski definition) is 0. The fraction of sp³-hybridized carbons (Fsp3) is 0.956. The van der Waals surface area contributed by atoms with E-state index in [1.807, 2.05) is 0 Å². The van der Waals surface area contributed by atoms with Crippen LogP contribution < -0.4 is 0 Å². The second-order valence-electron chi connectivity index (χ2n) is 22.4. The molecule has 0 N–H and O–H groups in total. The van der Waals surface area contributed by atoms with Gasteiger partial charge in [-0.25, -0.2) is 0 Å². The van der Waals surface area contributed by atoms with Crippen molar-refractivity contribution in [1.82, 2.24) is 0 Å². The lowest BCUT2D eigenvalue weighted by molar-refractivity contribution is -0.278. The van der Waals surface area contributed by atoms with Crippen molar-refractivity contribution >= 4 is 8.07 Å². The molecule has 0 aromatic carbocycles. The monoisotopic (exact) mass is 653 g/mol. The molecule has 0 aliphatic heterocycles. The van der Waals surface area contributed by atoms with Crippen LogP contribution in [0, 0.1) is 80.3 Å². The van der Waals surface area contributed by atoms with Gasteiger partial charge in [-0.3, -0.25) is 0 Å². The maximum atomic E-state index is 2.91. The molecule has 0 amide bonds. The van der Waals surface area contributed by atoms with Crippen LogP contribution in [0.4, 0.5) is 0 Å². The molecule has 0 radical (unpaired) electrons. The minimum Gasteiger partial charge on any atom is -0.0691 e. The van der Waals surface area contributed by atoms with Crippen molar-refractivity contribution in [2.45, 2.75) is 193 Å². The molecular weight excluding hydrogens is 569 g/mol. The highest BCUT2D eigenvalue weighted by molar-refractivity contribution is 6.80. The van der Waals surface area contributed by atoms with E-state index in [0.717, 1.165) is 35.5 Å². The SMILES string of the molecule is CC(C)CC1(CC(C)C)/C(=C2/CC3CC2(C(C)C)C3)C2(C(C)C)C(CC(C)C)(CC(C)C)C1([Si](C)(C)C)C2(CC(C)C)CC(C)C. The highest BCUT2D eigenvalue weighted by atomic mass is 28.3. The summed E-state index contributed by atoms with van der Waals surface area (Å²) in [4.78, 5) is 0. The van der Waals surface area contributed by atoms with Gasteiger partial charge in [-0.05, 0) is 138 Å². The minimum absolute atomic E-state index is 0.280. The van der Waals surface area contributed by atoms with Gasteiger partial charge < -0.3 is 0 Å². The summed E-state index contributed by atoms with van der Waals surface area (Å²) in [6, 6.07) is 0. The highest BCUT2D eigenvalue weighted by Gasteiger charge is 2.99. The van der Waals surface area contributed by atoms with Crippen molar-refractivity contribution in [2.24, 2.45) is 80.3 Å². The molecule has 4 bridgehead atoms. The highest BCUT2D eigenvalue weighted by Crippen LogP contribution is 3.06. The summed E-state index contributed by atoms with van der Waals surface area (Å²) < 4.78 is 0. The summed E-state index contributed by atoms with van der Waals surface area (Å²) in [5.74, 6) is 6.68. The zero-order valence-electron chi connectivity index (χ0n) is 35.1. The molecule has 0 nitrogen and oxygen atoms in total. The number of fused-ring (bicyclic) bond motifs is 2. The zero-order valence-corrected chi connectivity index (χ0v) is 36.1. The fourth-order valence-corrected chi connectivity index (χ4v) is 22.1. The van der Waals surface area contributed by atoms with E-state index in [1.54, 1.807) is 0 Å². The molecular formula is C45H84Si. The summed E-state index contributed by atoms with van der Waals surface area (Å²) in [7, 11) is -1.87. The third kappa shape index (κ3) is 4.66. The predicted octanol–water partition coefficient (Wildman–Crippen LogP) is 14.7. The first-order valence-corrected chi connectivity index (χ1v) is 24.2. The van der Waals surface area contributed by atoms with Gasteiger partial charge in [-0.2, -0.15) is 0 Å². The van der Waals surface area contributed by atoms with Gasteiger partial charge in [0.25, 0.3) is 0 Å². The molecule has 1 heteroatoms. The first-order chi connectivity index (χ1) is 20.9. The van der Waals surface area contributed by atoms with Gasteiger partial charge in [0.1, 0.15) is 0 Å². The molecule has 6 fully saturated rings. The maximum Gasteiger partial charge on any atom is 0.0531 e. The average molecular weight is 653 g/mol. The molecule has 0 saturated heterocycles. The summed E-state index contributed by atoms with van der Waals surface area (Å²) in [6.45, 7) is 50.9. The van der Waals surface area contributed by atoms with Crippen LogP contribution in [0.1, 0.15) is 169 Å². The molecule has 268 valence electrons. The van der Waals surface area contributed by atoms with Crippen LogP contribution in [0.3, 0.4) is 0 Å². The topological polar surface area (TPSA) is 0 Å². The normalized spacial score (nSPS) is 34.4. The third-order valence-corrected chi connectivity index (χ3v) is 18.6. The second-order valence-corrected chi connectivity index (χ2v) is 27.7. The Bertz CT molecular complexity index is 1050. The Kier molecular flexibility index (Phi) is 10.4. The largest absolute Gasteiger partial charge is 0.0691 e. The van der Waals surface area contributed by atoms with Crippen molar-refractivity contribution < 1.29 is 0 Å². The molecule has 0 atom stereocenters. The van der Waals surface area contributed by atoms with Crippen molar-refractivity contribution in [1.29, 1.82) is 0 Å². The van der Waals surface area contributed by atoms with E-state index in [-0.39, 0.29) is 5.41 Å². The molecule has 0 aromatic rings. The van der Waals surface area contributed by atoms with Crippen molar-refractivity contribution in [3.8, 4) is 0 Å². The van der Waals surface area contributed by atoms with E-state index in [0.29, 0.717) is 44.5 Å². The zero-order chi connectivity index (χ0) is 35.2. The van der Waals surface area contributed by atoms with Gasteiger partial charge in [-0.15, -0.1) is 0 Å². The third-order valence-electron chi connectivity index (χ3n) is 14.9. The molecule has 0 unspecified atom stereocenters.